The van der Waals surface area contributed by atoms with Gasteiger partial charge in [0.05, 0.1) is 6.54 Å². The van der Waals surface area contributed by atoms with Gasteiger partial charge in [-0.2, -0.15) is 0 Å². The first-order valence-electron chi connectivity index (χ1n) is 4.29. The molecular weight excluding hydrogens is 295 g/mol. The molecule has 1 aliphatic heterocycles. The van der Waals surface area contributed by atoms with Gasteiger partial charge in [-0.3, -0.25) is 4.90 Å². The maximum Gasteiger partial charge on any atom is 0.416 e. The lowest BCUT2D eigenvalue weighted by Gasteiger charge is -2.26. The predicted octanol–water partition coefficient (Wildman–Crippen LogP) is 2.54. The van der Waals surface area contributed by atoms with Crippen molar-refractivity contribution in [1.29, 1.82) is 0 Å². The van der Waals surface area contributed by atoms with Crippen molar-refractivity contribution in [1.82, 2.24) is 4.90 Å². The van der Waals surface area contributed by atoms with Gasteiger partial charge in [0.25, 0.3) is 0 Å². The Morgan fingerprint density at radius 3 is 2.79 bits per heavy atom. The van der Waals surface area contributed by atoms with Gasteiger partial charge < -0.3 is 4.74 Å². The summed E-state index contributed by atoms with van der Waals surface area (Å²) in [5.74, 6) is 0. The highest BCUT2D eigenvalue weighted by molar-refractivity contribution is 14.1. The van der Waals surface area contributed by atoms with Gasteiger partial charge in [0, 0.05) is 28.8 Å². The standard InChI is InChI=1S/C9H13IN2O2/c1-9(2,3)14-8(13)12-6-4-5-11-7(12)10/h4-5H,6H2,1-3H3. The van der Waals surface area contributed by atoms with Gasteiger partial charge in [-0.05, 0) is 26.8 Å². The summed E-state index contributed by atoms with van der Waals surface area (Å²) in [6.45, 7) is 6.05. The van der Waals surface area contributed by atoms with Crippen LogP contribution in [-0.4, -0.2) is 27.0 Å². The van der Waals surface area contributed by atoms with Gasteiger partial charge >= 0.3 is 6.09 Å². The van der Waals surface area contributed by atoms with E-state index in [2.05, 4.69) is 4.99 Å². The molecule has 14 heavy (non-hydrogen) atoms. The lowest BCUT2D eigenvalue weighted by molar-refractivity contribution is 0.0388. The molecular formula is C9H13IN2O2. The van der Waals surface area contributed by atoms with Crippen LogP contribution < -0.4 is 0 Å². The highest BCUT2D eigenvalue weighted by atomic mass is 127. The van der Waals surface area contributed by atoms with Crippen molar-refractivity contribution >= 4 is 32.5 Å². The molecule has 0 fully saturated rings. The Morgan fingerprint density at radius 1 is 1.64 bits per heavy atom. The van der Waals surface area contributed by atoms with Crippen LogP contribution in [0, 0.1) is 0 Å². The fraction of sp³-hybridized carbons (Fsp3) is 0.556. The fourth-order valence-corrected chi connectivity index (χ4v) is 1.43. The Bertz CT molecular complexity index is 292. The smallest absolute Gasteiger partial charge is 0.416 e. The van der Waals surface area contributed by atoms with Crippen LogP contribution in [0.15, 0.2) is 17.3 Å². The molecule has 0 unspecified atom stereocenters. The first-order valence-corrected chi connectivity index (χ1v) is 5.37. The number of nitrogens with zero attached hydrogens (tertiary/aromatic N) is 2. The van der Waals surface area contributed by atoms with E-state index >= 15 is 0 Å². The molecule has 0 radical (unpaired) electrons. The number of rotatable bonds is 0. The van der Waals surface area contributed by atoms with E-state index in [1.165, 1.54) is 4.90 Å². The summed E-state index contributed by atoms with van der Waals surface area (Å²) in [5.41, 5.74) is -0.463. The average Bonchev–Trinajstić information content (AvgIpc) is 2.01. The van der Waals surface area contributed by atoms with Crippen molar-refractivity contribution in [2.45, 2.75) is 26.4 Å². The Balaban J connectivity index is 2.63. The first kappa shape index (κ1) is 11.5. The predicted molar refractivity (Wildman–Crippen MR) is 63.5 cm³/mol. The zero-order valence-corrected chi connectivity index (χ0v) is 10.6. The van der Waals surface area contributed by atoms with Crippen molar-refractivity contribution in [3.05, 3.63) is 12.3 Å². The van der Waals surface area contributed by atoms with E-state index in [0.29, 0.717) is 10.4 Å². The summed E-state index contributed by atoms with van der Waals surface area (Å²) >= 11 is 2.01. The van der Waals surface area contributed by atoms with Crippen LogP contribution in [-0.2, 0) is 4.74 Å². The number of halogens is 1. The molecule has 4 nitrogen and oxygen atoms in total. The molecule has 78 valence electrons. The molecule has 1 rings (SSSR count). The zero-order valence-electron chi connectivity index (χ0n) is 8.45. The maximum atomic E-state index is 11.6. The van der Waals surface area contributed by atoms with Gasteiger partial charge in [-0.15, -0.1) is 0 Å². The molecule has 0 aromatic carbocycles. The third-order valence-corrected chi connectivity index (χ3v) is 2.27. The van der Waals surface area contributed by atoms with E-state index in [-0.39, 0.29) is 6.09 Å². The molecule has 0 N–H and O–H groups in total. The lowest BCUT2D eigenvalue weighted by atomic mass is 10.2. The van der Waals surface area contributed by atoms with Crippen molar-refractivity contribution in [2.75, 3.05) is 6.54 Å². The van der Waals surface area contributed by atoms with Gasteiger partial charge in [-0.1, -0.05) is 0 Å². The molecule has 1 amide bonds. The van der Waals surface area contributed by atoms with E-state index in [9.17, 15) is 4.79 Å². The number of carbonyl (C=O) groups is 1. The van der Waals surface area contributed by atoms with E-state index in [4.69, 9.17) is 4.74 Å². The summed E-state index contributed by atoms with van der Waals surface area (Å²) in [5, 5.41) is 0. The van der Waals surface area contributed by atoms with Crippen LogP contribution in [0.5, 0.6) is 0 Å². The Morgan fingerprint density at radius 2 is 2.29 bits per heavy atom. The molecule has 0 saturated carbocycles. The summed E-state index contributed by atoms with van der Waals surface area (Å²) in [7, 11) is 0. The molecule has 0 spiro atoms. The molecule has 0 aromatic heterocycles. The summed E-state index contributed by atoms with van der Waals surface area (Å²) in [6.07, 6.45) is 3.14. The fourth-order valence-electron chi connectivity index (χ4n) is 0.879. The van der Waals surface area contributed by atoms with Crippen molar-refractivity contribution < 1.29 is 9.53 Å². The number of aliphatic imine (C=N–C) groups is 1. The second-order valence-electron chi connectivity index (χ2n) is 3.87. The quantitative estimate of drug-likeness (QED) is 0.510. The molecule has 1 heterocycles. The molecule has 0 aliphatic carbocycles. The largest absolute Gasteiger partial charge is 0.443 e. The summed E-state index contributed by atoms with van der Waals surface area (Å²) in [6, 6.07) is 0. The topological polar surface area (TPSA) is 41.9 Å². The lowest BCUT2D eigenvalue weighted by Crippen LogP contribution is -2.39. The number of amides is 1. The average molecular weight is 308 g/mol. The number of hydrogen-bond donors (Lipinski definition) is 0. The van der Waals surface area contributed by atoms with Gasteiger partial charge in [-0.25, -0.2) is 9.79 Å². The van der Waals surface area contributed by atoms with Crippen LogP contribution in [0.3, 0.4) is 0 Å². The molecule has 5 heteroatoms. The van der Waals surface area contributed by atoms with Crippen LogP contribution in [0.2, 0.25) is 0 Å². The van der Waals surface area contributed by atoms with Crippen molar-refractivity contribution in [2.24, 2.45) is 4.99 Å². The Labute approximate surface area is 97.2 Å². The summed E-state index contributed by atoms with van der Waals surface area (Å²) in [4.78, 5) is 17.1. The molecule has 0 bridgehead atoms. The molecule has 0 saturated heterocycles. The minimum atomic E-state index is -0.463. The zero-order chi connectivity index (χ0) is 10.8. The second kappa shape index (κ2) is 4.29. The van der Waals surface area contributed by atoms with Gasteiger partial charge in [0.1, 0.15) is 5.60 Å². The van der Waals surface area contributed by atoms with E-state index in [0.717, 1.165) is 0 Å². The third-order valence-electron chi connectivity index (χ3n) is 1.41. The van der Waals surface area contributed by atoms with Crippen LogP contribution in [0.25, 0.3) is 0 Å². The highest BCUT2D eigenvalue weighted by Gasteiger charge is 2.24. The van der Waals surface area contributed by atoms with Crippen molar-refractivity contribution in [3.8, 4) is 0 Å². The van der Waals surface area contributed by atoms with E-state index in [1.54, 1.807) is 6.20 Å². The highest BCUT2D eigenvalue weighted by Crippen LogP contribution is 2.14. The van der Waals surface area contributed by atoms with Crippen molar-refractivity contribution in [3.63, 3.8) is 0 Å². The number of carbonyl (C=O) groups excluding carboxylic acids is 1. The van der Waals surface area contributed by atoms with Crippen LogP contribution in [0.4, 0.5) is 4.79 Å². The number of ether oxygens (including phenoxy) is 1. The third kappa shape index (κ3) is 3.28. The van der Waals surface area contributed by atoms with E-state index in [1.807, 2.05) is 49.4 Å². The molecule has 0 atom stereocenters. The Hall–Kier alpha value is -0.590. The normalized spacial score (nSPS) is 16.6. The minimum Gasteiger partial charge on any atom is -0.443 e. The second-order valence-corrected chi connectivity index (χ2v) is 4.84. The van der Waals surface area contributed by atoms with Crippen LogP contribution >= 0.6 is 22.6 Å². The van der Waals surface area contributed by atoms with Crippen LogP contribution in [0.1, 0.15) is 20.8 Å². The molecule has 0 aromatic rings. The number of amidine groups is 1. The maximum absolute atomic E-state index is 11.6. The number of hydrogen-bond acceptors (Lipinski definition) is 3. The first-order chi connectivity index (χ1) is 6.40. The van der Waals surface area contributed by atoms with Gasteiger partial charge in [0.2, 0.25) is 0 Å². The van der Waals surface area contributed by atoms with Gasteiger partial charge in [0.15, 0.2) is 3.84 Å². The Kier molecular flexibility index (Phi) is 3.52. The summed E-state index contributed by atoms with van der Waals surface area (Å²) < 4.78 is 5.85. The monoisotopic (exact) mass is 308 g/mol. The minimum absolute atomic E-state index is 0.352. The molecule has 1 aliphatic rings. The SMILES string of the molecule is CC(C)(C)OC(=O)N1CC=CN=C1I. The van der Waals surface area contributed by atoms with E-state index < -0.39 is 5.60 Å².